The quantitative estimate of drug-likeness (QED) is 0.517. The molecule has 0 fully saturated rings. The van der Waals surface area contributed by atoms with Crippen LogP contribution in [0.2, 0.25) is 0 Å². The van der Waals surface area contributed by atoms with Gasteiger partial charge < -0.3 is 15.5 Å². The number of hydrogen-bond acceptors (Lipinski definition) is 3. The Labute approximate surface area is 67.7 Å². The van der Waals surface area contributed by atoms with Crippen LogP contribution in [0, 0.1) is 5.92 Å². The van der Waals surface area contributed by atoms with Crippen LogP contribution in [0.3, 0.4) is 0 Å². The summed E-state index contributed by atoms with van der Waals surface area (Å²) in [6.45, 7) is 8.11. The van der Waals surface area contributed by atoms with Gasteiger partial charge in [0.2, 0.25) is 0 Å². The van der Waals surface area contributed by atoms with Gasteiger partial charge in [0.25, 0.3) is 0 Å². The molecule has 0 bridgehead atoms. The summed E-state index contributed by atoms with van der Waals surface area (Å²) in [5.74, 6) is 0.497. The lowest BCUT2D eigenvalue weighted by atomic mass is 10.2. The van der Waals surface area contributed by atoms with Crippen LogP contribution in [0.25, 0.3) is 0 Å². The SMILES string of the molecule is C=C(O)C(CO)NCC(C)C. The molecule has 1 unspecified atom stereocenters. The second kappa shape index (κ2) is 5.16. The number of aliphatic hydroxyl groups excluding tert-OH is 2. The van der Waals surface area contributed by atoms with Crippen molar-refractivity contribution in [2.24, 2.45) is 5.92 Å². The van der Waals surface area contributed by atoms with E-state index in [1.54, 1.807) is 0 Å². The summed E-state index contributed by atoms with van der Waals surface area (Å²) in [4.78, 5) is 0. The third-order valence-electron chi connectivity index (χ3n) is 1.36. The minimum atomic E-state index is -0.377. The van der Waals surface area contributed by atoms with Crippen molar-refractivity contribution in [3.63, 3.8) is 0 Å². The molecule has 0 aromatic rings. The van der Waals surface area contributed by atoms with Gasteiger partial charge in [0.05, 0.1) is 12.6 Å². The van der Waals surface area contributed by atoms with E-state index in [1.807, 2.05) is 0 Å². The summed E-state index contributed by atoms with van der Waals surface area (Å²) in [5.41, 5.74) is 0. The largest absolute Gasteiger partial charge is 0.511 e. The van der Waals surface area contributed by atoms with Crippen molar-refractivity contribution in [3.05, 3.63) is 12.3 Å². The molecule has 0 aromatic heterocycles. The molecular formula is C8H17NO2. The van der Waals surface area contributed by atoms with Crippen LogP contribution in [0.4, 0.5) is 0 Å². The van der Waals surface area contributed by atoms with Crippen LogP contribution in [-0.2, 0) is 0 Å². The second-order valence-corrected chi connectivity index (χ2v) is 3.03. The van der Waals surface area contributed by atoms with Gasteiger partial charge in [-0.15, -0.1) is 0 Å². The summed E-state index contributed by atoms with van der Waals surface area (Å²) in [6.07, 6.45) is 0. The Morgan fingerprint density at radius 2 is 2.09 bits per heavy atom. The van der Waals surface area contributed by atoms with E-state index in [2.05, 4.69) is 25.7 Å². The molecular weight excluding hydrogens is 142 g/mol. The maximum Gasteiger partial charge on any atom is 0.104 e. The summed E-state index contributed by atoms with van der Waals surface area (Å²) >= 11 is 0. The molecule has 3 heteroatoms. The Kier molecular flexibility index (Phi) is 4.90. The van der Waals surface area contributed by atoms with E-state index in [1.165, 1.54) is 0 Å². The van der Waals surface area contributed by atoms with E-state index >= 15 is 0 Å². The van der Waals surface area contributed by atoms with Crippen LogP contribution in [0.1, 0.15) is 13.8 Å². The molecule has 0 rings (SSSR count). The first-order chi connectivity index (χ1) is 5.07. The summed E-state index contributed by atoms with van der Waals surface area (Å²) < 4.78 is 0. The first-order valence-corrected chi connectivity index (χ1v) is 3.80. The Bertz CT molecular complexity index is 123. The molecule has 1 atom stereocenters. The van der Waals surface area contributed by atoms with Crippen molar-refractivity contribution < 1.29 is 10.2 Å². The molecule has 0 amide bonds. The van der Waals surface area contributed by atoms with Crippen LogP contribution >= 0.6 is 0 Å². The van der Waals surface area contributed by atoms with E-state index < -0.39 is 0 Å². The Morgan fingerprint density at radius 3 is 2.36 bits per heavy atom. The van der Waals surface area contributed by atoms with Gasteiger partial charge in [-0.1, -0.05) is 20.4 Å². The Hall–Kier alpha value is -0.540. The first kappa shape index (κ1) is 10.5. The summed E-state index contributed by atoms with van der Waals surface area (Å²) in [5, 5.41) is 20.6. The smallest absolute Gasteiger partial charge is 0.104 e. The molecule has 3 nitrogen and oxygen atoms in total. The third kappa shape index (κ3) is 4.81. The highest BCUT2D eigenvalue weighted by Crippen LogP contribution is 1.95. The van der Waals surface area contributed by atoms with Gasteiger partial charge in [0.15, 0.2) is 0 Å². The molecule has 0 aromatic carbocycles. The molecule has 3 N–H and O–H groups in total. The third-order valence-corrected chi connectivity index (χ3v) is 1.36. The minimum Gasteiger partial charge on any atom is -0.511 e. The van der Waals surface area contributed by atoms with E-state index in [4.69, 9.17) is 10.2 Å². The van der Waals surface area contributed by atoms with Gasteiger partial charge >= 0.3 is 0 Å². The molecule has 0 aliphatic carbocycles. The zero-order valence-electron chi connectivity index (χ0n) is 7.17. The Balaban J connectivity index is 3.61. The minimum absolute atomic E-state index is 0.00634. The molecule has 0 saturated heterocycles. The van der Waals surface area contributed by atoms with Crippen molar-refractivity contribution in [1.82, 2.24) is 5.32 Å². The van der Waals surface area contributed by atoms with E-state index in [0.29, 0.717) is 5.92 Å². The highest BCUT2D eigenvalue weighted by Gasteiger charge is 2.09. The second-order valence-electron chi connectivity index (χ2n) is 3.03. The molecule has 0 aliphatic heterocycles. The lowest BCUT2D eigenvalue weighted by Gasteiger charge is -2.15. The standard InChI is InChI=1S/C8H17NO2/c1-6(2)4-9-8(5-10)7(3)11/h6,8-11H,3-5H2,1-2H3. The van der Waals surface area contributed by atoms with Gasteiger partial charge in [0, 0.05) is 0 Å². The van der Waals surface area contributed by atoms with Crippen molar-refractivity contribution in [1.29, 1.82) is 0 Å². The Morgan fingerprint density at radius 1 is 1.55 bits per heavy atom. The average Bonchev–Trinajstić information content (AvgIpc) is 1.87. The number of hydrogen-bond donors (Lipinski definition) is 3. The fourth-order valence-electron chi connectivity index (χ4n) is 0.666. The van der Waals surface area contributed by atoms with Gasteiger partial charge in [-0.25, -0.2) is 0 Å². The van der Waals surface area contributed by atoms with Crippen LogP contribution < -0.4 is 5.32 Å². The van der Waals surface area contributed by atoms with Crippen LogP contribution in [0.5, 0.6) is 0 Å². The van der Waals surface area contributed by atoms with E-state index in [9.17, 15) is 0 Å². The van der Waals surface area contributed by atoms with E-state index in [0.717, 1.165) is 6.54 Å². The van der Waals surface area contributed by atoms with Crippen molar-refractivity contribution in [3.8, 4) is 0 Å². The normalized spacial score (nSPS) is 13.5. The summed E-state index contributed by atoms with van der Waals surface area (Å²) in [6, 6.07) is -0.377. The molecule has 0 saturated carbocycles. The highest BCUT2D eigenvalue weighted by atomic mass is 16.3. The van der Waals surface area contributed by atoms with Crippen LogP contribution in [-0.4, -0.2) is 29.4 Å². The monoisotopic (exact) mass is 159 g/mol. The van der Waals surface area contributed by atoms with Crippen molar-refractivity contribution >= 4 is 0 Å². The molecule has 66 valence electrons. The predicted molar refractivity (Wildman–Crippen MR) is 45.5 cm³/mol. The fraction of sp³-hybridized carbons (Fsp3) is 0.750. The van der Waals surface area contributed by atoms with Crippen molar-refractivity contribution in [2.75, 3.05) is 13.2 Å². The van der Waals surface area contributed by atoms with Gasteiger partial charge in [-0.2, -0.15) is 0 Å². The topological polar surface area (TPSA) is 52.5 Å². The maximum absolute atomic E-state index is 8.91. The molecule has 0 spiro atoms. The molecule has 0 aliphatic rings. The molecule has 11 heavy (non-hydrogen) atoms. The first-order valence-electron chi connectivity index (χ1n) is 3.80. The lowest BCUT2D eigenvalue weighted by Crippen LogP contribution is -2.36. The fourth-order valence-corrected chi connectivity index (χ4v) is 0.666. The zero-order valence-corrected chi connectivity index (χ0v) is 7.17. The van der Waals surface area contributed by atoms with Gasteiger partial charge in [0.1, 0.15) is 5.76 Å². The average molecular weight is 159 g/mol. The van der Waals surface area contributed by atoms with Gasteiger partial charge in [-0.05, 0) is 12.5 Å². The zero-order chi connectivity index (χ0) is 8.85. The number of nitrogens with one attached hydrogen (secondary N) is 1. The number of rotatable bonds is 5. The lowest BCUT2D eigenvalue weighted by molar-refractivity contribution is 0.218. The van der Waals surface area contributed by atoms with E-state index in [-0.39, 0.29) is 18.4 Å². The maximum atomic E-state index is 8.91. The number of aliphatic hydroxyl groups is 2. The van der Waals surface area contributed by atoms with Crippen LogP contribution in [0.15, 0.2) is 12.3 Å². The van der Waals surface area contributed by atoms with Crippen molar-refractivity contribution in [2.45, 2.75) is 19.9 Å². The highest BCUT2D eigenvalue weighted by molar-refractivity contribution is 4.94. The molecule has 0 radical (unpaired) electrons. The van der Waals surface area contributed by atoms with Gasteiger partial charge in [-0.3, -0.25) is 0 Å². The molecule has 0 heterocycles. The predicted octanol–water partition coefficient (Wildman–Crippen LogP) is 0.665. The summed E-state index contributed by atoms with van der Waals surface area (Å²) in [7, 11) is 0.